The van der Waals surface area contributed by atoms with Crippen molar-refractivity contribution in [3.8, 4) is 22.8 Å². The Labute approximate surface area is 458 Å². The van der Waals surface area contributed by atoms with Crippen molar-refractivity contribution in [2.75, 3.05) is 26.3 Å². The average molecular weight is 1090 g/mol. The molecule has 0 bridgehead atoms. The minimum Gasteiger partial charge on any atom is -0.493 e. The minimum absolute atomic E-state index is 0.0711. The Balaban J connectivity index is 0.000000342. The van der Waals surface area contributed by atoms with E-state index in [0.717, 1.165) is 68.2 Å². The third kappa shape index (κ3) is 24.6. The lowest BCUT2D eigenvalue weighted by molar-refractivity contribution is -0.155. The minimum atomic E-state index is -4.38. The van der Waals surface area contributed by atoms with Crippen molar-refractivity contribution in [1.82, 2.24) is 20.6 Å². The number of unbranched alkanes of at least 4 members (excludes halogenated alkanes) is 6. The number of hydrogen-bond acceptors (Lipinski definition) is 10. The zero-order chi connectivity index (χ0) is 56.4. The summed E-state index contributed by atoms with van der Waals surface area (Å²) in [4.78, 5) is 57.2. The number of hydrogen-bond donors (Lipinski definition) is 2. The summed E-state index contributed by atoms with van der Waals surface area (Å²) in [5.74, 6) is 0.379. The van der Waals surface area contributed by atoms with Gasteiger partial charge in [-0.3, -0.25) is 24.2 Å². The zero-order valence-corrected chi connectivity index (χ0v) is 46.8. The van der Waals surface area contributed by atoms with Crippen molar-refractivity contribution in [1.29, 1.82) is 0 Å². The van der Waals surface area contributed by atoms with Crippen LogP contribution >= 0.6 is 11.6 Å². The first-order valence-electron chi connectivity index (χ1n) is 26.7. The van der Waals surface area contributed by atoms with E-state index in [9.17, 15) is 32.3 Å². The second kappa shape index (κ2) is 31.7. The maximum atomic E-state index is 12.9. The second-order valence-electron chi connectivity index (χ2n) is 20.9. The number of rotatable bonds is 27. The predicted octanol–water partition coefficient (Wildman–Crippen LogP) is 14.7. The maximum absolute atomic E-state index is 12.9. The highest BCUT2D eigenvalue weighted by atomic mass is 35.5. The highest BCUT2D eigenvalue weighted by Crippen LogP contribution is 2.32. The van der Waals surface area contributed by atoms with Gasteiger partial charge in [0.1, 0.15) is 27.9 Å². The van der Waals surface area contributed by atoms with E-state index in [1.54, 1.807) is 75.5 Å². The van der Waals surface area contributed by atoms with Gasteiger partial charge in [-0.25, -0.2) is 4.98 Å². The van der Waals surface area contributed by atoms with E-state index in [2.05, 4.69) is 34.4 Å². The second-order valence-corrected chi connectivity index (χ2v) is 21.3. The van der Waals surface area contributed by atoms with Crippen LogP contribution in [0.25, 0.3) is 11.3 Å². The van der Waals surface area contributed by atoms with Gasteiger partial charge in [0, 0.05) is 54.0 Å². The number of ether oxygens (including phenoxy) is 4. The SMILES string of the molecule is CCCCCCC(COc1ccc(C(=O)NCCC(=O)OC(C)(C)C)cc1)c1ccc(-c2ccc(C(F)(F)F)cc2)nc1.CCCCCCC(COc1ccc(C(=O)NCCC(=O)OC(C)(C)C)cc1)c1ccc(Cl)nc1. The number of halogens is 4. The summed E-state index contributed by atoms with van der Waals surface area (Å²) in [6.45, 7) is 16.5. The molecule has 2 aromatic heterocycles. The standard InChI is InChI=1S/C34H41F3N2O4.C27H37ClN2O4/c1-5-6-7-8-9-27(26-14-19-30(39-22-26)24-10-15-28(16-11-24)34(35,36)37)23-42-29-17-12-25(13-18-29)32(41)38-21-20-31(40)43-33(2,3)4;1-5-6-7-8-9-22(21-12-15-24(28)30-18-21)19-33-23-13-10-20(11-14-23)26(32)29-17-16-25(31)34-27(2,3)4/h10-19,22,27H,5-9,20-21,23H2,1-4H3,(H,38,41);10-15,18,22H,5-9,16-17,19H2,1-4H3,(H,29,32). The van der Waals surface area contributed by atoms with Crippen LogP contribution in [0.4, 0.5) is 13.2 Å². The van der Waals surface area contributed by atoms with Crippen LogP contribution in [0.5, 0.6) is 11.5 Å². The fourth-order valence-corrected chi connectivity index (χ4v) is 8.06. The van der Waals surface area contributed by atoms with Gasteiger partial charge in [-0.2, -0.15) is 13.2 Å². The number of alkyl halides is 3. The van der Waals surface area contributed by atoms with Crippen LogP contribution in [-0.2, 0) is 25.2 Å². The number of pyridine rings is 2. The molecule has 5 rings (SSSR count). The van der Waals surface area contributed by atoms with Gasteiger partial charge in [0.15, 0.2) is 0 Å². The summed E-state index contributed by atoms with van der Waals surface area (Å²) < 4.78 is 61.4. The highest BCUT2D eigenvalue weighted by molar-refractivity contribution is 6.29. The van der Waals surface area contributed by atoms with Crippen LogP contribution in [0.15, 0.2) is 109 Å². The first-order chi connectivity index (χ1) is 36.5. The first-order valence-corrected chi connectivity index (χ1v) is 27.1. The van der Waals surface area contributed by atoms with E-state index in [1.165, 1.54) is 31.4 Å². The molecule has 2 heterocycles. The smallest absolute Gasteiger partial charge is 0.416 e. The van der Waals surface area contributed by atoms with Crippen LogP contribution in [-0.4, -0.2) is 71.2 Å². The Morgan fingerprint density at radius 1 is 0.545 bits per heavy atom. The summed E-state index contributed by atoms with van der Waals surface area (Å²) in [6, 6.07) is 26.4. The van der Waals surface area contributed by atoms with E-state index in [1.807, 2.05) is 51.2 Å². The number of benzene rings is 3. The predicted molar refractivity (Wildman–Crippen MR) is 296 cm³/mol. The lowest BCUT2D eigenvalue weighted by atomic mass is 9.94. The van der Waals surface area contributed by atoms with Gasteiger partial charge < -0.3 is 29.6 Å². The Bertz CT molecular complexity index is 2550. The molecule has 3 aromatic carbocycles. The summed E-state index contributed by atoms with van der Waals surface area (Å²) in [7, 11) is 0. The largest absolute Gasteiger partial charge is 0.493 e. The third-order valence-electron chi connectivity index (χ3n) is 12.0. The molecule has 2 amide bonds. The Hall–Kier alpha value is -6.48. The first kappa shape index (κ1) is 63.1. The van der Waals surface area contributed by atoms with E-state index in [-0.39, 0.29) is 61.5 Å². The number of aromatic nitrogens is 2. The number of amides is 2. The molecule has 5 aromatic rings. The number of esters is 2. The molecule has 0 spiro atoms. The molecule has 418 valence electrons. The van der Waals surface area contributed by atoms with Gasteiger partial charge >= 0.3 is 18.1 Å². The van der Waals surface area contributed by atoms with Crippen LogP contribution in [0.1, 0.15) is 182 Å². The maximum Gasteiger partial charge on any atom is 0.416 e. The number of nitrogens with one attached hydrogen (secondary N) is 2. The normalized spacial score (nSPS) is 12.3. The van der Waals surface area contributed by atoms with Gasteiger partial charge in [-0.1, -0.05) is 101 Å². The molecule has 2 unspecified atom stereocenters. The number of carbonyl (C=O) groups excluding carboxylic acids is 4. The van der Waals surface area contributed by atoms with Crippen LogP contribution in [0.2, 0.25) is 5.15 Å². The van der Waals surface area contributed by atoms with Crippen molar-refractivity contribution in [3.05, 3.63) is 142 Å². The van der Waals surface area contributed by atoms with Crippen LogP contribution in [0, 0.1) is 0 Å². The molecule has 0 saturated heterocycles. The summed E-state index contributed by atoms with van der Waals surface area (Å²) in [5, 5.41) is 5.96. The molecule has 0 radical (unpaired) electrons. The molecule has 16 heteroatoms. The fourth-order valence-electron chi connectivity index (χ4n) is 7.95. The van der Waals surface area contributed by atoms with Crippen LogP contribution < -0.4 is 20.1 Å². The topological polar surface area (TPSA) is 155 Å². The average Bonchev–Trinajstić information content (AvgIpc) is 3.38. The van der Waals surface area contributed by atoms with Gasteiger partial charge in [0.2, 0.25) is 0 Å². The molecule has 0 aliphatic heterocycles. The van der Waals surface area contributed by atoms with Crippen molar-refractivity contribution in [3.63, 3.8) is 0 Å². The van der Waals surface area contributed by atoms with Crippen molar-refractivity contribution >= 4 is 35.4 Å². The van der Waals surface area contributed by atoms with Gasteiger partial charge in [0.05, 0.1) is 37.3 Å². The molecule has 12 nitrogen and oxygen atoms in total. The Morgan fingerprint density at radius 2 is 0.974 bits per heavy atom. The molecular weight excluding hydrogens is 1010 g/mol. The highest BCUT2D eigenvalue weighted by Gasteiger charge is 2.30. The van der Waals surface area contributed by atoms with E-state index < -0.39 is 22.9 Å². The molecule has 2 atom stereocenters. The van der Waals surface area contributed by atoms with E-state index in [4.69, 9.17) is 30.5 Å². The Kier molecular flexibility index (Phi) is 25.9. The van der Waals surface area contributed by atoms with Crippen molar-refractivity contribution in [2.45, 2.75) is 162 Å². The third-order valence-corrected chi connectivity index (χ3v) is 12.2. The molecule has 2 N–H and O–H groups in total. The monoisotopic (exact) mass is 1090 g/mol. The molecule has 0 saturated carbocycles. The quantitative estimate of drug-likeness (QED) is 0.0295. The van der Waals surface area contributed by atoms with Crippen molar-refractivity contribution < 1.29 is 51.3 Å². The van der Waals surface area contributed by atoms with E-state index >= 15 is 0 Å². The van der Waals surface area contributed by atoms with Gasteiger partial charge in [-0.05, 0) is 138 Å². The van der Waals surface area contributed by atoms with Crippen molar-refractivity contribution in [2.24, 2.45) is 0 Å². The summed E-state index contributed by atoms with van der Waals surface area (Å²) in [5.41, 5.74) is 2.49. The molecular formula is C61H78ClF3N4O8. The molecule has 77 heavy (non-hydrogen) atoms. The van der Waals surface area contributed by atoms with Gasteiger partial charge in [0.25, 0.3) is 11.8 Å². The molecule has 0 aliphatic carbocycles. The zero-order valence-electron chi connectivity index (χ0n) is 46.0. The lowest BCUT2D eigenvalue weighted by Crippen LogP contribution is -2.29. The number of nitrogens with zero attached hydrogens (tertiary/aromatic N) is 2. The lowest BCUT2D eigenvalue weighted by Gasteiger charge is -2.19. The Morgan fingerprint density at radius 3 is 1.34 bits per heavy atom. The number of carbonyl (C=O) groups is 4. The summed E-state index contributed by atoms with van der Waals surface area (Å²) in [6.07, 6.45) is 10.5. The summed E-state index contributed by atoms with van der Waals surface area (Å²) >= 11 is 5.95. The van der Waals surface area contributed by atoms with E-state index in [0.29, 0.717) is 52.3 Å². The molecule has 0 fully saturated rings. The van der Waals surface area contributed by atoms with Gasteiger partial charge in [-0.15, -0.1) is 0 Å². The molecule has 0 aliphatic rings. The van der Waals surface area contributed by atoms with Crippen LogP contribution in [0.3, 0.4) is 0 Å². The fraction of sp³-hybridized carbons (Fsp3) is 0.475.